The van der Waals surface area contributed by atoms with Crippen molar-refractivity contribution in [3.8, 4) is 5.75 Å². The Morgan fingerprint density at radius 1 is 0.235 bits per heavy atom. The molecule has 8 aromatic carbocycles. The number of benzene rings is 8. The summed E-state index contributed by atoms with van der Waals surface area (Å²) < 4.78 is 131. The average Bonchev–Trinajstić information content (AvgIpc) is 0.804. The molecule has 10 aromatic rings. The Kier molecular flexibility index (Phi) is 51.8. The molecule has 0 saturated heterocycles. The Morgan fingerprint density at radius 2 is 0.583 bits per heavy atom. The zero-order chi connectivity index (χ0) is 101. The SMILES string of the molecule is C.C.CC(C)(C)Cc1ncccc1O.Cc1c(CC(C)(C)C)ccc(F)c1F.Cc1c(F)cc(F)cc1CC(C)(C)C.Cc1c(F)ccc(F)c1CC(C)(C)C.Cc1c(F)cccc1CC(C)(C)C.Cc1cc(F)ccc1CC(C)(C)C.Cc1ccc(F)cc1CC(C)(C)C.Cc1cccc(F)c1CC(C)(C)C.Cc1ccccc1CC(C)(C)C.Cc1cnccc1CC(C)(C)C. The van der Waals surface area contributed by atoms with E-state index in [9.17, 15) is 49.0 Å². The zero-order valence-electron chi connectivity index (χ0n) is 87.4. The molecule has 0 fully saturated rings. The maximum Gasteiger partial charge on any atom is 0.161 e. The highest BCUT2D eigenvalue weighted by Gasteiger charge is 2.24. The second-order valence-electron chi connectivity index (χ2n) is 47.2. The number of aromatic nitrogens is 2. The molecule has 10 rings (SSSR count). The van der Waals surface area contributed by atoms with Gasteiger partial charge in [-0.3, -0.25) is 9.97 Å². The molecule has 13 heteroatoms. The van der Waals surface area contributed by atoms with Crippen molar-refractivity contribution in [2.75, 3.05) is 0 Å². The van der Waals surface area contributed by atoms with Gasteiger partial charge in [0.2, 0.25) is 0 Å². The molecule has 2 aromatic heterocycles. The molecular formula is C119H174F10N2O. The van der Waals surface area contributed by atoms with Crippen LogP contribution < -0.4 is 0 Å². The number of aromatic hydroxyl groups is 1. The number of hydrogen-bond donors (Lipinski definition) is 1. The van der Waals surface area contributed by atoms with Crippen molar-refractivity contribution >= 4 is 0 Å². The van der Waals surface area contributed by atoms with Crippen LogP contribution in [0, 0.1) is 175 Å². The minimum absolute atomic E-state index is 0. The van der Waals surface area contributed by atoms with Gasteiger partial charge in [-0.25, -0.2) is 43.9 Å². The van der Waals surface area contributed by atoms with Crippen LogP contribution in [0.3, 0.4) is 0 Å². The van der Waals surface area contributed by atoms with E-state index < -0.39 is 23.3 Å². The van der Waals surface area contributed by atoms with Crippen molar-refractivity contribution in [2.24, 2.45) is 54.1 Å². The van der Waals surface area contributed by atoms with Gasteiger partial charge in [-0.1, -0.05) is 289 Å². The monoisotopic (exact) mass is 1840 g/mol. The Balaban J connectivity index is 0. The third-order valence-electron chi connectivity index (χ3n) is 20.1. The van der Waals surface area contributed by atoms with E-state index in [-0.39, 0.29) is 93.1 Å². The average molecular weight is 1840 g/mol. The molecule has 736 valence electrons. The van der Waals surface area contributed by atoms with Crippen LogP contribution in [0.25, 0.3) is 0 Å². The molecule has 0 bridgehead atoms. The molecule has 0 unspecified atom stereocenters. The van der Waals surface area contributed by atoms with Crippen molar-refractivity contribution in [1.29, 1.82) is 0 Å². The Morgan fingerprint density at radius 3 is 1.05 bits per heavy atom. The van der Waals surface area contributed by atoms with Crippen molar-refractivity contribution in [3.05, 3.63) is 334 Å². The maximum absolute atomic E-state index is 13.4. The summed E-state index contributed by atoms with van der Waals surface area (Å²) in [7, 11) is 0. The van der Waals surface area contributed by atoms with Crippen molar-refractivity contribution in [1.82, 2.24) is 9.97 Å². The Bertz CT molecular complexity index is 4910. The van der Waals surface area contributed by atoms with Crippen LogP contribution in [0.5, 0.6) is 5.75 Å². The fourth-order valence-electron chi connectivity index (χ4n) is 13.7. The Labute approximate surface area is 797 Å². The molecule has 132 heavy (non-hydrogen) atoms. The van der Waals surface area contributed by atoms with Crippen LogP contribution >= 0.6 is 0 Å². The molecule has 0 saturated carbocycles. The molecule has 0 amide bonds. The molecule has 0 aliphatic heterocycles. The topological polar surface area (TPSA) is 46.0 Å². The van der Waals surface area contributed by atoms with Crippen LogP contribution in [0.15, 0.2) is 170 Å². The smallest absolute Gasteiger partial charge is 0.161 e. The normalized spacial score (nSPS) is 11.6. The lowest BCUT2D eigenvalue weighted by Crippen LogP contribution is -2.12. The van der Waals surface area contributed by atoms with Crippen LogP contribution in [0.4, 0.5) is 43.9 Å². The first-order chi connectivity index (χ1) is 58.9. The summed E-state index contributed by atoms with van der Waals surface area (Å²) in [6.45, 7) is 81.4. The van der Waals surface area contributed by atoms with E-state index >= 15 is 0 Å². The minimum Gasteiger partial charge on any atom is -0.506 e. The van der Waals surface area contributed by atoms with Gasteiger partial charge >= 0.3 is 0 Å². The summed E-state index contributed by atoms with van der Waals surface area (Å²) in [4.78, 5) is 8.19. The van der Waals surface area contributed by atoms with Gasteiger partial charge in [-0.2, -0.15) is 0 Å². The van der Waals surface area contributed by atoms with Gasteiger partial charge in [-0.05, 0) is 360 Å². The molecule has 0 atom stereocenters. The highest BCUT2D eigenvalue weighted by molar-refractivity contribution is 5.35. The molecule has 0 aliphatic carbocycles. The molecule has 1 N–H and O–H groups in total. The van der Waals surface area contributed by atoms with Gasteiger partial charge in [0.25, 0.3) is 0 Å². The van der Waals surface area contributed by atoms with E-state index in [1.807, 2.05) is 85.1 Å². The second-order valence-corrected chi connectivity index (χ2v) is 47.2. The lowest BCUT2D eigenvalue weighted by atomic mass is 9.86. The van der Waals surface area contributed by atoms with Crippen molar-refractivity contribution in [3.63, 3.8) is 0 Å². The molecule has 2 heterocycles. The summed E-state index contributed by atoms with van der Waals surface area (Å²) in [6, 6.07) is 42.3. The van der Waals surface area contributed by atoms with Gasteiger partial charge in [0.05, 0.1) is 5.69 Å². The fraction of sp³-hybridized carbons (Fsp3) is 0.513. The summed E-state index contributed by atoms with van der Waals surface area (Å²) in [5.41, 5.74) is 20.2. The van der Waals surface area contributed by atoms with Crippen LogP contribution in [0.2, 0.25) is 0 Å². The second kappa shape index (κ2) is 54.6. The number of nitrogens with zero attached hydrogens (tertiary/aromatic N) is 2. The largest absolute Gasteiger partial charge is 0.506 e. The molecule has 3 nitrogen and oxygen atoms in total. The summed E-state index contributed by atoms with van der Waals surface area (Å²) in [5.74, 6) is -3.21. The van der Waals surface area contributed by atoms with E-state index in [4.69, 9.17) is 0 Å². The maximum atomic E-state index is 13.4. The predicted molar refractivity (Wildman–Crippen MR) is 549 cm³/mol. The summed E-state index contributed by atoms with van der Waals surface area (Å²) in [5, 5.41) is 9.41. The van der Waals surface area contributed by atoms with E-state index in [1.54, 1.807) is 69.4 Å². The number of halogens is 10. The Hall–Kier alpha value is -8.84. The van der Waals surface area contributed by atoms with Gasteiger partial charge < -0.3 is 5.11 Å². The standard InChI is InChI=1S/3C12H16F2.4C12H17F.C12H18.C11H17N.C10H15NO.2CH4/c1-8-9(7-12(2,3)4)5-10(13)6-11(8)14;1-8-9(7-12(2,3)4)11(14)6-5-10(8)13;1-8-9(7-12(2,3)4)5-6-10(13)11(8)14;1-9-7-11(13)6-5-10(9)8-12(2,3)4;1-9-5-6-11(13)7-10(9)8-12(2,3)4;1-9-10(8-12(2,3)4)6-5-7-11(9)13;1-9-6-5-7-11(13)10(9)8-12(2,3)4;1-10-7-5-6-8-11(10)9-12(2,3)4;1-9-8-12-6-5-10(9)7-11(2,3)4;1-10(2,3)7-8-9(12)5-4-6-11-8;;/h3*5-6H,7H2,1-4H3;4*5-7H,8H2,1-4H3;5-8H,9H2,1-4H3;5-6,8H,7H2,1-4H3;4-6,12H,7H2,1-3H3;2*1H4. The third-order valence-corrected chi connectivity index (χ3v) is 20.1. The fourth-order valence-corrected chi connectivity index (χ4v) is 13.7. The van der Waals surface area contributed by atoms with Gasteiger partial charge in [-0.15, -0.1) is 0 Å². The van der Waals surface area contributed by atoms with Crippen molar-refractivity contribution in [2.45, 2.75) is 349 Å². The van der Waals surface area contributed by atoms with E-state index in [1.165, 1.54) is 88.3 Å². The number of rotatable bonds is 10. The summed E-state index contributed by atoms with van der Waals surface area (Å²) in [6.07, 6.45) is 14.3. The third kappa shape index (κ3) is 55.1. The lowest BCUT2D eigenvalue weighted by molar-refractivity contribution is 0.388. The van der Waals surface area contributed by atoms with E-state index in [0.29, 0.717) is 51.7 Å². The lowest BCUT2D eigenvalue weighted by Gasteiger charge is -2.20. The molecular weight excluding hydrogens is 1660 g/mol. The predicted octanol–water partition coefficient (Wildman–Crippen LogP) is 36.7. The number of aryl methyl sites for hydroxylation is 5. The molecule has 0 radical (unpaired) electrons. The van der Waals surface area contributed by atoms with Crippen LogP contribution in [-0.4, -0.2) is 15.1 Å². The van der Waals surface area contributed by atoms with E-state index in [2.05, 4.69) is 241 Å². The molecule has 0 spiro atoms. The van der Waals surface area contributed by atoms with Gasteiger partial charge in [0, 0.05) is 24.7 Å². The highest BCUT2D eigenvalue weighted by atomic mass is 19.2. The van der Waals surface area contributed by atoms with E-state index in [0.717, 1.165) is 101 Å². The quantitative estimate of drug-likeness (QED) is 0.139. The highest BCUT2D eigenvalue weighted by Crippen LogP contribution is 2.33. The first-order valence-corrected chi connectivity index (χ1v) is 45.8. The van der Waals surface area contributed by atoms with Crippen LogP contribution in [0.1, 0.15) is 328 Å². The molecule has 0 aliphatic rings. The first-order valence-electron chi connectivity index (χ1n) is 45.8. The zero-order valence-corrected chi connectivity index (χ0v) is 87.4. The minimum atomic E-state index is -0.764. The van der Waals surface area contributed by atoms with Gasteiger partial charge in [0.1, 0.15) is 52.3 Å². The van der Waals surface area contributed by atoms with Crippen molar-refractivity contribution < 1.29 is 49.0 Å². The van der Waals surface area contributed by atoms with Crippen LogP contribution in [-0.2, 0) is 64.2 Å². The first kappa shape index (κ1) is 125. The summed E-state index contributed by atoms with van der Waals surface area (Å²) >= 11 is 0. The number of pyridine rings is 2. The number of hydrogen-bond acceptors (Lipinski definition) is 3. The van der Waals surface area contributed by atoms with Gasteiger partial charge in [0.15, 0.2) is 11.6 Å².